The second-order valence-electron chi connectivity index (χ2n) is 7.12. The summed E-state index contributed by atoms with van der Waals surface area (Å²) < 4.78 is 47.8. The third-order valence-electron chi connectivity index (χ3n) is 4.74. The molecule has 1 aliphatic rings. The monoisotopic (exact) mass is 438 g/mol. The summed E-state index contributed by atoms with van der Waals surface area (Å²) in [7, 11) is -2.94. The van der Waals surface area contributed by atoms with Crippen LogP contribution in [0.25, 0.3) is 11.4 Å². The molecule has 1 aromatic carbocycles. The van der Waals surface area contributed by atoms with E-state index in [1.807, 2.05) is 6.92 Å². The molecular weight excluding hydrogens is 419 g/mol. The fourth-order valence-electron chi connectivity index (χ4n) is 3.10. The third kappa shape index (κ3) is 4.67. The number of rotatable bonds is 6. The van der Waals surface area contributed by atoms with Crippen LogP contribution in [0.2, 0.25) is 0 Å². The summed E-state index contributed by atoms with van der Waals surface area (Å²) in [5.74, 6) is 1.15. The van der Waals surface area contributed by atoms with Gasteiger partial charge in [0.15, 0.2) is 9.84 Å². The topological polar surface area (TPSA) is 112 Å². The minimum Gasteiger partial charge on any atom is -0.416 e. The second-order valence-corrected chi connectivity index (χ2v) is 10.6. The first-order chi connectivity index (χ1) is 13.8. The molecular formula is C18H19FN4O4S2. The fourth-order valence-corrected chi connectivity index (χ4v) is 5.69. The second kappa shape index (κ2) is 7.86. The number of aromatic nitrogens is 4. The Balaban J connectivity index is 1.40. The Labute approximate surface area is 171 Å². The first-order valence-electron chi connectivity index (χ1n) is 9.08. The van der Waals surface area contributed by atoms with Crippen molar-refractivity contribution >= 4 is 21.6 Å². The summed E-state index contributed by atoms with van der Waals surface area (Å²) in [5.41, 5.74) is 1.08. The molecule has 1 aliphatic heterocycles. The lowest BCUT2D eigenvalue weighted by molar-refractivity contribution is 0.375. The van der Waals surface area contributed by atoms with Crippen LogP contribution in [0.4, 0.5) is 4.39 Å². The van der Waals surface area contributed by atoms with Gasteiger partial charge in [-0.1, -0.05) is 29.1 Å². The van der Waals surface area contributed by atoms with E-state index in [2.05, 4.69) is 20.3 Å². The van der Waals surface area contributed by atoms with Crippen molar-refractivity contribution in [2.24, 2.45) is 5.92 Å². The molecule has 3 aromatic rings. The van der Waals surface area contributed by atoms with Crippen LogP contribution in [0.3, 0.4) is 0 Å². The average Bonchev–Trinajstić information content (AvgIpc) is 3.38. The summed E-state index contributed by atoms with van der Waals surface area (Å²) in [6, 6.07) is 4.77. The number of nitrogens with zero attached hydrogens (tertiary/aromatic N) is 4. The molecule has 0 spiro atoms. The van der Waals surface area contributed by atoms with Gasteiger partial charge >= 0.3 is 0 Å². The van der Waals surface area contributed by atoms with E-state index in [0.29, 0.717) is 46.8 Å². The van der Waals surface area contributed by atoms with E-state index in [0.717, 1.165) is 0 Å². The van der Waals surface area contributed by atoms with E-state index >= 15 is 0 Å². The van der Waals surface area contributed by atoms with Gasteiger partial charge in [-0.05, 0) is 37.8 Å². The van der Waals surface area contributed by atoms with Gasteiger partial charge in [-0.2, -0.15) is 4.98 Å². The van der Waals surface area contributed by atoms with Crippen molar-refractivity contribution in [2.45, 2.75) is 37.2 Å². The maximum absolute atomic E-state index is 13.8. The lowest BCUT2D eigenvalue weighted by atomic mass is 10.1. The van der Waals surface area contributed by atoms with Crippen molar-refractivity contribution in [3.8, 4) is 11.4 Å². The Hall–Kier alpha value is -2.27. The average molecular weight is 439 g/mol. The van der Waals surface area contributed by atoms with Crippen LogP contribution in [0.1, 0.15) is 35.9 Å². The van der Waals surface area contributed by atoms with Gasteiger partial charge in [0, 0.05) is 12.0 Å². The van der Waals surface area contributed by atoms with Crippen LogP contribution in [0, 0.1) is 18.7 Å². The van der Waals surface area contributed by atoms with Crippen LogP contribution in [-0.2, 0) is 16.3 Å². The van der Waals surface area contributed by atoms with Crippen molar-refractivity contribution < 1.29 is 21.7 Å². The zero-order chi connectivity index (χ0) is 20.6. The molecule has 29 heavy (non-hydrogen) atoms. The third-order valence-corrected chi connectivity index (χ3v) is 7.49. The van der Waals surface area contributed by atoms with Gasteiger partial charge in [-0.15, -0.1) is 10.2 Å². The van der Waals surface area contributed by atoms with E-state index in [1.54, 1.807) is 19.1 Å². The minimum atomic E-state index is -2.94. The molecule has 0 amide bonds. The minimum absolute atomic E-state index is 0.0177. The number of benzene rings is 1. The number of sulfone groups is 1. The molecule has 154 valence electrons. The number of hydrogen-bond donors (Lipinski definition) is 0. The van der Waals surface area contributed by atoms with Crippen molar-refractivity contribution in [3.63, 3.8) is 0 Å². The van der Waals surface area contributed by atoms with E-state index in [1.165, 1.54) is 17.8 Å². The highest BCUT2D eigenvalue weighted by atomic mass is 32.2. The normalized spacial score (nSPS) is 19.5. The van der Waals surface area contributed by atoms with Gasteiger partial charge in [-0.25, -0.2) is 12.8 Å². The number of hydrogen-bond acceptors (Lipinski definition) is 9. The Bertz CT molecular complexity index is 1130. The first kappa shape index (κ1) is 20.0. The summed E-state index contributed by atoms with van der Waals surface area (Å²) in [4.78, 5) is 4.33. The molecule has 11 heteroatoms. The standard InChI is InChI=1S/C18H19FN4O4S2/c1-10-3-4-13(8-14(10)19)16-20-17(27-23-16)11(2)28-18-22-21-15(26-18)7-12-5-6-29(24,25)9-12/h3-4,8,11-12H,5-7,9H2,1-2H3. The highest BCUT2D eigenvalue weighted by Gasteiger charge is 2.29. The molecule has 4 rings (SSSR count). The van der Waals surface area contributed by atoms with Gasteiger partial charge in [-0.3, -0.25) is 0 Å². The molecule has 8 nitrogen and oxygen atoms in total. The molecule has 2 atom stereocenters. The Morgan fingerprint density at radius 1 is 1.34 bits per heavy atom. The summed E-state index contributed by atoms with van der Waals surface area (Å²) in [6.45, 7) is 3.54. The van der Waals surface area contributed by atoms with E-state index in [4.69, 9.17) is 8.94 Å². The van der Waals surface area contributed by atoms with Crippen LogP contribution in [-0.4, -0.2) is 40.3 Å². The number of thioether (sulfide) groups is 1. The molecule has 0 aliphatic carbocycles. The predicted octanol–water partition coefficient (Wildman–Crippen LogP) is 3.40. The van der Waals surface area contributed by atoms with Gasteiger partial charge < -0.3 is 8.94 Å². The Morgan fingerprint density at radius 3 is 2.90 bits per heavy atom. The summed E-state index contributed by atoms with van der Waals surface area (Å²) in [5, 5.41) is 12.0. The van der Waals surface area contributed by atoms with Gasteiger partial charge in [0.05, 0.1) is 16.8 Å². The highest BCUT2D eigenvalue weighted by molar-refractivity contribution is 7.99. The van der Waals surface area contributed by atoms with Crippen molar-refractivity contribution in [1.29, 1.82) is 0 Å². The van der Waals surface area contributed by atoms with Crippen molar-refractivity contribution in [3.05, 3.63) is 41.4 Å². The van der Waals surface area contributed by atoms with Gasteiger partial charge in [0.25, 0.3) is 5.22 Å². The maximum atomic E-state index is 13.8. The lowest BCUT2D eigenvalue weighted by Gasteiger charge is -2.03. The highest BCUT2D eigenvalue weighted by Crippen LogP contribution is 2.34. The zero-order valence-corrected chi connectivity index (χ0v) is 17.5. The van der Waals surface area contributed by atoms with Crippen LogP contribution < -0.4 is 0 Å². The zero-order valence-electron chi connectivity index (χ0n) is 15.8. The Morgan fingerprint density at radius 2 is 2.17 bits per heavy atom. The van der Waals surface area contributed by atoms with Crippen LogP contribution >= 0.6 is 11.8 Å². The SMILES string of the molecule is Cc1ccc(-c2noc(C(C)Sc3nnc(CC4CCS(=O)(=O)C4)o3)n2)cc1F. The molecule has 1 saturated heterocycles. The van der Waals surface area contributed by atoms with Crippen LogP contribution in [0.15, 0.2) is 32.4 Å². The smallest absolute Gasteiger partial charge is 0.277 e. The molecule has 0 N–H and O–H groups in total. The van der Waals surface area contributed by atoms with Gasteiger partial charge in [0.1, 0.15) is 5.82 Å². The number of aryl methyl sites for hydroxylation is 1. The van der Waals surface area contributed by atoms with E-state index in [-0.39, 0.29) is 28.5 Å². The summed E-state index contributed by atoms with van der Waals surface area (Å²) >= 11 is 1.26. The fraction of sp³-hybridized carbons (Fsp3) is 0.444. The molecule has 3 heterocycles. The first-order valence-corrected chi connectivity index (χ1v) is 11.8. The predicted molar refractivity (Wildman–Crippen MR) is 103 cm³/mol. The van der Waals surface area contributed by atoms with Gasteiger partial charge in [0.2, 0.25) is 17.6 Å². The van der Waals surface area contributed by atoms with Crippen LogP contribution in [0.5, 0.6) is 0 Å². The lowest BCUT2D eigenvalue weighted by Crippen LogP contribution is -2.07. The van der Waals surface area contributed by atoms with E-state index in [9.17, 15) is 12.8 Å². The van der Waals surface area contributed by atoms with Crippen molar-refractivity contribution in [1.82, 2.24) is 20.3 Å². The molecule has 0 radical (unpaired) electrons. The molecule has 2 unspecified atom stereocenters. The molecule has 2 aromatic heterocycles. The summed E-state index contributed by atoms with van der Waals surface area (Å²) in [6.07, 6.45) is 1.07. The number of halogens is 1. The Kier molecular flexibility index (Phi) is 5.43. The largest absolute Gasteiger partial charge is 0.416 e. The quantitative estimate of drug-likeness (QED) is 0.534. The van der Waals surface area contributed by atoms with Crippen molar-refractivity contribution in [2.75, 3.05) is 11.5 Å². The van der Waals surface area contributed by atoms with E-state index < -0.39 is 9.84 Å². The molecule has 0 bridgehead atoms. The molecule has 1 fully saturated rings. The maximum Gasteiger partial charge on any atom is 0.277 e. The molecule has 0 saturated carbocycles.